The lowest BCUT2D eigenvalue weighted by Crippen LogP contribution is -2.52. The summed E-state index contributed by atoms with van der Waals surface area (Å²) in [5.41, 5.74) is 3.02. The maximum absolute atomic E-state index is 12.5. The van der Waals surface area contributed by atoms with Gasteiger partial charge in [0, 0.05) is 42.9 Å². The zero-order valence-corrected chi connectivity index (χ0v) is 18.3. The highest BCUT2D eigenvalue weighted by Gasteiger charge is 2.22. The average Bonchev–Trinajstić information content (AvgIpc) is 2.74. The molecule has 2 amide bonds. The Hall–Kier alpha value is -2.41. The molecule has 2 N–H and O–H groups in total. The first-order valence-corrected chi connectivity index (χ1v) is 10.6. The van der Waals surface area contributed by atoms with Crippen LogP contribution in [0.3, 0.4) is 0 Å². The first kappa shape index (κ1) is 22.3. The summed E-state index contributed by atoms with van der Waals surface area (Å²) in [6, 6.07) is 15.4. The van der Waals surface area contributed by atoms with Gasteiger partial charge in [0.1, 0.15) is 0 Å². The number of benzene rings is 2. The van der Waals surface area contributed by atoms with Gasteiger partial charge in [-0.3, -0.25) is 14.5 Å². The number of carbonyl (C=O) groups is 2. The van der Waals surface area contributed by atoms with Crippen LogP contribution in [0, 0.1) is 6.92 Å². The average molecular weight is 429 g/mol. The van der Waals surface area contributed by atoms with Crippen LogP contribution >= 0.6 is 11.6 Å². The van der Waals surface area contributed by atoms with Gasteiger partial charge in [-0.25, -0.2) is 0 Å². The topological polar surface area (TPSA) is 64.7 Å². The van der Waals surface area contributed by atoms with E-state index < -0.39 is 0 Å². The van der Waals surface area contributed by atoms with Crippen LogP contribution < -0.4 is 10.6 Å². The van der Waals surface area contributed by atoms with E-state index in [2.05, 4.69) is 15.5 Å². The fourth-order valence-corrected chi connectivity index (χ4v) is 3.64. The molecule has 1 aliphatic rings. The van der Waals surface area contributed by atoms with Crippen molar-refractivity contribution in [2.24, 2.45) is 0 Å². The Morgan fingerprint density at radius 2 is 1.77 bits per heavy atom. The molecule has 0 saturated carbocycles. The lowest BCUT2D eigenvalue weighted by Gasteiger charge is -2.34. The van der Waals surface area contributed by atoms with Gasteiger partial charge in [-0.15, -0.1) is 0 Å². The smallest absolute Gasteiger partial charge is 0.238 e. The number of carbonyl (C=O) groups excluding carboxylic acids is 2. The van der Waals surface area contributed by atoms with Gasteiger partial charge in [-0.05, 0) is 43.7 Å². The van der Waals surface area contributed by atoms with E-state index in [1.165, 1.54) is 0 Å². The minimum Gasteiger partial charge on any atom is -0.339 e. The third-order valence-electron chi connectivity index (χ3n) is 5.34. The quantitative estimate of drug-likeness (QED) is 0.711. The fourth-order valence-electron chi connectivity index (χ4n) is 3.44. The van der Waals surface area contributed by atoms with E-state index in [4.69, 9.17) is 11.6 Å². The van der Waals surface area contributed by atoms with Crippen molar-refractivity contribution in [2.45, 2.75) is 19.9 Å². The van der Waals surface area contributed by atoms with Crippen molar-refractivity contribution in [1.29, 1.82) is 0 Å². The summed E-state index contributed by atoms with van der Waals surface area (Å²) in [5, 5.41) is 6.88. The molecule has 30 heavy (non-hydrogen) atoms. The summed E-state index contributed by atoms with van der Waals surface area (Å²) < 4.78 is 0. The lowest BCUT2D eigenvalue weighted by atomic mass is 10.1. The van der Waals surface area contributed by atoms with Crippen molar-refractivity contribution in [3.8, 4) is 0 Å². The Morgan fingerprint density at radius 3 is 2.43 bits per heavy atom. The molecular weight excluding hydrogens is 400 g/mol. The van der Waals surface area contributed by atoms with Gasteiger partial charge in [0.15, 0.2) is 0 Å². The Balaban J connectivity index is 1.38. The monoisotopic (exact) mass is 428 g/mol. The molecule has 160 valence electrons. The molecule has 1 aliphatic heterocycles. The van der Waals surface area contributed by atoms with Crippen molar-refractivity contribution in [2.75, 3.05) is 44.6 Å². The van der Waals surface area contributed by atoms with Crippen LogP contribution in [0.5, 0.6) is 0 Å². The van der Waals surface area contributed by atoms with E-state index in [9.17, 15) is 9.59 Å². The van der Waals surface area contributed by atoms with Gasteiger partial charge < -0.3 is 15.5 Å². The molecule has 2 aromatic rings. The van der Waals surface area contributed by atoms with Crippen molar-refractivity contribution in [3.63, 3.8) is 0 Å². The first-order chi connectivity index (χ1) is 14.4. The summed E-state index contributed by atoms with van der Waals surface area (Å²) in [5.74, 6) is 0.0447. The van der Waals surface area contributed by atoms with E-state index >= 15 is 0 Å². The number of aryl methyl sites for hydroxylation is 1. The minimum atomic E-state index is -0.0318. The summed E-state index contributed by atoms with van der Waals surface area (Å²) in [6.07, 6.45) is 0. The third-order valence-corrected chi connectivity index (χ3v) is 5.57. The van der Waals surface area contributed by atoms with Gasteiger partial charge in [-0.2, -0.15) is 0 Å². The Labute approximate surface area is 183 Å². The first-order valence-electron chi connectivity index (χ1n) is 10.3. The summed E-state index contributed by atoms with van der Waals surface area (Å²) in [4.78, 5) is 28.7. The van der Waals surface area contributed by atoms with Crippen molar-refractivity contribution >= 4 is 29.1 Å². The van der Waals surface area contributed by atoms with Gasteiger partial charge >= 0.3 is 0 Å². The van der Waals surface area contributed by atoms with Crippen LogP contribution in [0.4, 0.5) is 5.69 Å². The molecule has 1 atom stereocenters. The van der Waals surface area contributed by atoms with Crippen LogP contribution in [-0.2, 0) is 9.59 Å². The molecule has 1 heterocycles. The van der Waals surface area contributed by atoms with Gasteiger partial charge in [0.2, 0.25) is 11.8 Å². The standard InChI is InChI=1S/C23H29ClN4O2/c1-17-6-8-21(9-7-17)26-22(29)16-27-10-12-28(13-11-27)23(30)15-25-18(2)19-4-3-5-20(24)14-19/h3-9,14,18,25H,10-13,15-16H2,1-2H3,(H,26,29)/t18-/m0/s1. The van der Waals surface area contributed by atoms with Crippen molar-refractivity contribution in [1.82, 2.24) is 15.1 Å². The van der Waals surface area contributed by atoms with Crippen molar-refractivity contribution in [3.05, 3.63) is 64.7 Å². The molecule has 1 fully saturated rings. The molecule has 3 rings (SSSR count). The molecule has 7 heteroatoms. The number of hydrogen-bond donors (Lipinski definition) is 2. The van der Waals surface area contributed by atoms with Crippen LogP contribution in [-0.4, -0.2) is 60.9 Å². The van der Waals surface area contributed by atoms with Crippen LogP contribution in [0.1, 0.15) is 24.1 Å². The SMILES string of the molecule is Cc1ccc(NC(=O)CN2CCN(C(=O)CN[C@@H](C)c3cccc(Cl)c3)CC2)cc1. The van der Waals surface area contributed by atoms with Crippen LogP contribution in [0.25, 0.3) is 0 Å². The maximum atomic E-state index is 12.5. The Kier molecular flexibility index (Phi) is 7.85. The van der Waals surface area contributed by atoms with E-state index in [1.807, 2.05) is 67.3 Å². The second-order valence-corrected chi connectivity index (χ2v) is 8.17. The largest absolute Gasteiger partial charge is 0.339 e. The van der Waals surface area contributed by atoms with E-state index in [-0.39, 0.29) is 24.4 Å². The maximum Gasteiger partial charge on any atom is 0.238 e. The minimum absolute atomic E-state index is 0.0318. The predicted molar refractivity (Wildman–Crippen MR) is 121 cm³/mol. The molecule has 0 unspecified atom stereocenters. The van der Waals surface area contributed by atoms with Gasteiger partial charge in [0.25, 0.3) is 0 Å². The number of nitrogens with one attached hydrogen (secondary N) is 2. The molecule has 0 spiro atoms. The second kappa shape index (κ2) is 10.6. The fraction of sp³-hybridized carbons (Fsp3) is 0.391. The number of anilines is 1. The molecule has 0 aliphatic carbocycles. The predicted octanol–water partition coefficient (Wildman–Crippen LogP) is 3.08. The lowest BCUT2D eigenvalue weighted by molar-refractivity contribution is -0.132. The second-order valence-electron chi connectivity index (χ2n) is 7.73. The number of piperazine rings is 1. The molecule has 0 bridgehead atoms. The zero-order chi connectivity index (χ0) is 21.5. The Bertz CT molecular complexity index is 864. The molecular formula is C23H29ClN4O2. The number of halogens is 1. The summed E-state index contributed by atoms with van der Waals surface area (Å²) in [6.45, 7) is 7.28. The third kappa shape index (κ3) is 6.55. The zero-order valence-electron chi connectivity index (χ0n) is 17.5. The molecule has 6 nitrogen and oxygen atoms in total. The highest BCUT2D eigenvalue weighted by molar-refractivity contribution is 6.30. The molecule has 1 saturated heterocycles. The summed E-state index contributed by atoms with van der Waals surface area (Å²) >= 11 is 6.04. The summed E-state index contributed by atoms with van der Waals surface area (Å²) in [7, 11) is 0. The number of nitrogens with zero attached hydrogens (tertiary/aromatic N) is 2. The van der Waals surface area contributed by atoms with Crippen LogP contribution in [0.15, 0.2) is 48.5 Å². The van der Waals surface area contributed by atoms with Gasteiger partial charge in [0.05, 0.1) is 13.1 Å². The van der Waals surface area contributed by atoms with E-state index in [1.54, 1.807) is 0 Å². The number of amides is 2. The van der Waals surface area contributed by atoms with E-state index in [0.717, 1.165) is 16.8 Å². The van der Waals surface area contributed by atoms with Crippen molar-refractivity contribution < 1.29 is 9.59 Å². The van der Waals surface area contributed by atoms with Crippen LogP contribution in [0.2, 0.25) is 5.02 Å². The normalized spacial score (nSPS) is 15.6. The molecule has 2 aromatic carbocycles. The molecule has 0 aromatic heterocycles. The molecule has 0 radical (unpaired) electrons. The number of rotatable bonds is 7. The highest BCUT2D eigenvalue weighted by Crippen LogP contribution is 2.17. The van der Waals surface area contributed by atoms with E-state index in [0.29, 0.717) is 37.7 Å². The highest BCUT2D eigenvalue weighted by atomic mass is 35.5. The Morgan fingerprint density at radius 1 is 1.07 bits per heavy atom. The van der Waals surface area contributed by atoms with Gasteiger partial charge in [-0.1, -0.05) is 41.4 Å². The number of hydrogen-bond acceptors (Lipinski definition) is 4.